The second-order valence-electron chi connectivity index (χ2n) is 3.26. The van der Waals surface area contributed by atoms with E-state index in [9.17, 15) is 5.11 Å². The quantitative estimate of drug-likeness (QED) is 0.867. The molecule has 1 unspecified atom stereocenters. The van der Waals surface area contributed by atoms with E-state index < -0.39 is 0 Å². The van der Waals surface area contributed by atoms with Gasteiger partial charge in [0, 0.05) is 17.2 Å². The topological polar surface area (TPSA) is 45.1 Å². The van der Waals surface area contributed by atoms with Crippen molar-refractivity contribution in [1.82, 2.24) is 4.98 Å². The molecule has 5 heteroatoms. The molecule has 0 aliphatic heterocycles. The minimum absolute atomic E-state index is 0.230. The molecule has 3 nitrogen and oxygen atoms in total. The molecule has 0 saturated heterocycles. The highest BCUT2D eigenvalue weighted by molar-refractivity contribution is 9.11. The van der Waals surface area contributed by atoms with E-state index >= 15 is 0 Å². The fourth-order valence-corrected chi connectivity index (χ4v) is 2.23. The van der Waals surface area contributed by atoms with Crippen LogP contribution in [0.1, 0.15) is 19.8 Å². The zero-order valence-electron chi connectivity index (χ0n) is 8.50. The Morgan fingerprint density at radius 1 is 1.53 bits per heavy atom. The first-order valence-electron chi connectivity index (χ1n) is 4.86. The van der Waals surface area contributed by atoms with Crippen molar-refractivity contribution in [1.29, 1.82) is 0 Å². The first-order chi connectivity index (χ1) is 7.13. The van der Waals surface area contributed by atoms with Crippen molar-refractivity contribution in [2.75, 3.05) is 11.9 Å². The van der Waals surface area contributed by atoms with Crippen LogP contribution in [-0.4, -0.2) is 22.7 Å². The highest BCUT2D eigenvalue weighted by atomic mass is 79.9. The van der Waals surface area contributed by atoms with Gasteiger partial charge in [0.05, 0.1) is 10.6 Å². The van der Waals surface area contributed by atoms with E-state index in [0.717, 1.165) is 34.1 Å². The van der Waals surface area contributed by atoms with Gasteiger partial charge in [-0.15, -0.1) is 0 Å². The van der Waals surface area contributed by atoms with Gasteiger partial charge in [0.25, 0.3) is 0 Å². The summed E-state index contributed by atoms with van der Waals surface area (Å²) in [5.41, 5.74) is 0. The standard InChI is InChI=1S/C10H14Br2N2O/c1-2-8(15)3-4-13-10-9(12)5-7(11)6-14-10/h5-6,8,15H,2-4H2,1H3,(H,13,14). The normalized spacial score (nSPS) is 12.5. The van der Waals surface area contributed by atoms with Gasteiger partial charge in [-0.2, -0.15) is 0 Å². The van der Waals surface area contributed by atoms with Crippen LogP contribution in [0, 0.1) is 0 Å². The minimum Gasteiger partial charge on any atom is -0.393 e. The van der Waals surface area contributed by atoms with Crippen molar-refractivity contribution >= 4 is 37.7 Å². The summed E-state index contributed by atoms with van der Waals surface area (Å²) in [5, 5.41) is 12.5. The van der Waals surface area contributed by atoms with Crippen LogP contribution < -0.4 is 5.32 Å². The SMILES string of the molecule is CCC(O)CCNc1ncc(Br)cc1Br. The Hall–Kier alpha value is -0.130. The molecule has 0 amide bonds. The zero-order valence-corrected chi connectivity index (χ0v) is 11.7. The van der Waals surface area contributed by atoms with Gasteiger partial charge in [0.1, 0.15) is 5.82 Å². The first kappa shape index (κ1) is 12.9. The van der Waals surface area contributed by atoms with E-state index in [1.54, 1.807) is 6.20 Å². The third kappa shape index (κ3) is 4.49. The maximum atomic E-state index is 9.37. The van der Waals surface area contributed by atoms with Gasteiger partial charge in [-0.3, -0.25) is 0 Å². The predicted octanol–water partition coefficient (Wildman–Crippen LogP) is 3.18. The maximum Gasteiger partial charge on any atom is 0.140 e. The van der Waals surface area contributed by atoms with E-state index in [1.807, 2.05) is 13.0 Å². The van der Waals surface area contributed by atoms with Gasteiger partial charge in [-0.05, 0) is 50.8 Å². The molecule has 0 bridgehead atoms. The van der Waals surface area contributed by atoms with Crippen LogP contribution in [0.4, 0.5) is 5.82 Å². The molecule has 1 aromatic heterocycles. The Morgan fingerprint density at radius 2 is 2.27 bits per heavy atom. The summed E-state index contributed by atoms with van der Waals surface area (Å²) in [5.74, 6) is 0.807. The third-order valence-corrected chi connectivity index (χ3v) is 3.09. The van der Waals surface area contributed by atoms with Crippen LogP contribution in [0.2, 0.25) is 0 Å². The Morgan fingerprint density at radius 3 is 2.87 bits per heavy atom. The molecule has 15 heavy (non-hydrogen) atoms. The fourth-order valence-electron chi connectivity index (χ4n) is 1.11. The van der Waals surface area contributed by atoms with Crippen LogP contribution in [0.3, 0.4) is 0 Å². The smallest absolute Gasteiger partial charge is 0.140 e. The van der Waals surface area contributed by atoms with Gasteiger partial charge < -0.3 is 10.4 Å². The predicted molar refractivity (Wildman–Crippen MR) is 69.0 cm³/mol. The average molecular weight is 338 g/mol. The molecule has 1 aromatic rings. The number of hydrogen-bond donors (Lipinski definition) is 2. The summed E-state index contributed by atoms with van der Waals surface area (Å²) in [7, 11) is 0. The summed E-state index contributed by atoms with van der Waals surface area (Å²) < 4.78 is 1.86. The summed E-state index contributed by atoms with van der Waals surface area (Å²) in [6.45, 7) is 2.70. The Kier molecular flexibility index (Phi) is 5.56. The number of nitrogens with one attached hydrogen (secondary N) is 1. The number of nitrogens with zero attached hydrogens (tertiary/aromatic N) is 1. The lowest BCUT2D eigenvalue weighted by molar-refractivity contribution is 0.164. The molecule has 0 radical (unpaired) electrons. The molecule has 2 N–H and O–H groups in total. The molecule has 0 aliphatic rings. The molecule has 0 fully saturated rings. The summed E-state index contributed by atoms with van der Waals surface area (Å²) in [4.78, 5) is 4.21. The molecule has 0 saturated carbocycles. The molecular formula is C10H14Br2N2O. The van der Waals surface area contributed by atoms with E-state index in [2.05, 4.69) is 42.2 Å². The highest BCUT2D eigenvalue weighted by Gasteiger charge is 2.03. The molecule has 84 valence electrons. The van der Waals surface area contributed by atoms with Crippen molar-refractivity contribution in [2.24, 2.45) is 0 Å². The summed E-state index contributed by atoms with van der Waals surface area (Å²) in [6.07, 6.45) is 3.03. The lowest BCUT2D eigenvalue weighted by Gasteiger charge is -2.10. The van der Waals surface area contributed by atoms with Crippen LogP contribution in [0.25, 0.3) is 0 Å². The minimum atomic E-state index is -0.230. The number of aromatic nitrogens is 1. The highest BCUT2D eigenvalue weighted by Crippen LogP contribution is 2.23. The van der Waals surface area contributed by atoms with Crippen LogP contribution >= 0.6 is 31.9 Å². The van der Waals surface area contributed by atoms with Crippen LogP contribution in [0.5, 0.6) is 0 Å². The molecule has 0 aliphatic carbocycles. The van der Waals surface area contributed by atoms with Crippen LogP contribution in [-0.2, 0) is 0 Å². The van der Waals surface area contributed by atoms with E-state index in [1.165, 1.54) is 0 Å². The second kappa shape index (κ2) is 6.45. The monoisotopic (exact) mass is 336 g/mol. The molecule has 0 aromatic carbocycles. The summed E-state index contributed by atoms with van der Waals surface area (Å²) in [6, 6.07) is 1.94. The molecule has 1 heterocycles. The number of pyridine rings is 1. The second-order valence-corrected chi connectivity index (χ2v) is 5.03. The van der Waals surface area contributed by atoms with E-state index in [-0.39, 0.29) is 6.10 Å². The van der Waals surface area contributed by atoms with Crippen molar-refractivity contribution in [3.8, 4) is 0 Å². The molecule has 1 rings (SSSR count). The number of rotatable bonds is 5. The van der Waals surface area contributed by atoms with Gasteiger partial charge in [0.2, 0.25) is 0 Å². The number of halogens is 2. The molecule has 1 atom stereocenters. The van der Waals surface area contributed by atoms with Crippen molar-refractivity contribution in [3.05, 3.63) is 21.2 Å². The van der Waals surface area contributed by atoms with Gasteiger partial charge in [-0.1, -0.05) is 6.92 Å². The lowest BCUT2D eigenvalue weighted by Crippen LogP contribution is -2.13. The number of hydrogen-bond acceptors (Lipinski definition) is 3. The first-order valence-corrected chi connectivity index (χ1v) is 6.45. The van der Waals surface area contributed by atoms with Gasteiger partial charge >= 0.3 is 0 Å². The van der Waals surface area contributed by atoms with Crippen molar-refractivity contribution in [2.45, 2.75) is 25.9 Å². The van der Waals surface area contributed by atoms with E-state index in [0.29, 0.717) is 0 Å². The number of aliphatic hydroxyl groups excluding tert-OH is 1. The zero-order chi connectivity index (χ0) is 11.3. The van der Waals surface area contributed by atoms with E-state index in [4.69, 9.17) is 0 Å². The largest absolute Gasteiger partial charge is 0.393 e. The summed E-state index contributed by atoms with van der Waals surface area (Å²) >= 11 is 6.75. The molecular weight excluding hydrogens is 324 g/mol. The third-order valence-electron chi connectivity index (χ3n) is 2.05. The number of anilines is 1. The number of aliphatic hydroxyl groups is 1. The van der Waals surface area contributed by atoms with Crippen molar-refractivity contribution in [3.63, 3.8) is 0 Å². The Balaban J connectivity index is 2.44. The molecule has 0 spiro atoms. The van der Waals surface area contributed by atoms with Crippen LogP contribution in [0.15, 0.2) is 21.2 Å². The van der Waals surface area contributed by atoms with Crippen molar-refractivity contribution < 1.29 is 5.11 Å². The maximum absolute atomic E-state index is 9.37. The van der Waals surface area contributed by atoms with Gasteiger partial charge in [0.15, 0.2) is 0 Å². The fraction of sp³-hybridized carbons (Fsp3) is 0.500. The Bertz CT molecular complexity index is 320. The lowest BCUT2D eigenvalue weighted by atomic mass is 10.2. The average Bonchev–Trinajstić information content (AvgIpc) is 2.21. The Labute approximate surface area is 107 Å². The van der Waals surface area contributed by atoms with Gasteiger partial charge in [-0.25, -0.2) is 4.98 Å².